The number of anilines is 1. The van der Waals surface area contributed by atoms with Crippen molar-refractivity contribution in [3.63, 3.8) is 0 Å². The van der Waals surface area contributed by atoms with Crippen LogP contribution in [0, 0.1) is 19.8 Å². The number of hydrogen-bond donors (Lipinski definition) is 0. The number of hydrogen-bond acceptors (Lipinski definition) is 8. The smallest absolute Gasteiger partial charge is 0.343 e. The highest BCUT2D eigenvalue weighted by atomic mass is 16.5. The van der Waals surface area contributed by atoms with E-state index >= 15 is 0 Å². The normalized spacial score (nSPS) is 19.5. The van der Waals surface area contributed by atoms with Gasteiger partial charge in [0.25, 0.3) is 0 Å². The Bertz CT molecular complexity index is 3960. The van der Waals surface area contributed by atoms with Crippen molar-refractivity contribution < 1.29 is 33.3 Å². The quantitative estimate of drug-likeness (QED) is 0.0538. The number of nitrogens with zero attached hydrogens (tertiary/aromatic N) is 1. The fourth-order valence-electron chi connectivity index (χ4n) is 14.1. The molecule has 1 saturated carbocycles. The van der Waals surface area contributed by atoms with Gasteiger partial charge in [-0.3, -0.25) is 0 Å². The van der Waals surface area contributed by atoms with E-state index in [0.29, 0.717) is 48.2 Å². The van der Waals surface area contributed by atoms with Gasteiger partial charge in [0.1, 0.15) is 22.8 Å². The zero-order chi connectivity index (χ0) is 58.9. The van der Waals surface area contributed by atoms with Gasteiger partial charge in [0.05, 0.1) is 24.3 Å². The molecule has 9 aromatic rings. The largest absolute Gasteiger partial charge is 0.472 e. The molecule has 2 unspecified atom stereocenters. The van der Waals surface area contributed by atoms with Crippen LogP contribution in [0.25, 0.3) is 50.2 Å². The SMILES string of the molecule is CCCCCC1CCC(c2ccc(-c3ccc(C(=O)Oc4ccc(-c5ccc(C(=O)Oc6cc7c8c(c9c(c7cc6C)OC(c6ccc(C)cc6)(c6ccc(N7CCOCC7)cc6)C=C9)C(CC)(OC)c6ccccc6-8)cc5)cc4)cc3)cc2)CC1. The van der Waals surface area contributed by atoms with Crippen LogP contribution in [-0.4, -0.2) is 45.4 Å². The predicted molar refractivity (Wildman–Crippen MR) is 346 cm³/mol. The Kier molecular flexibility index (Phi) is 15.8. The molecule has 13 rings (SSSR count). The van der Waals surface area contributed by atoms with Crippen LogP contribution in [0.4, 0.5) is 5.69 Å². The first-order valence-corrected chi connectivity index (χ1v) is 31.1. The number of carbonyl (C=O) groups excluding carboxylic acids is 2. The molecule has 0 amide bonds. The van der Waals surface area contributed by atoms with E-state index in [9.17, 15) is 9.59 Å². The molecule has 2 aliphatic heterocycles. The van der Waals surface area contributed by atoms with Gasteiger partial charge in [-0.25, -0.2) is 9.59 Å². The number of methoxy groups -OCH3 is 1. The summed E-state index contributed by atoms with van der Waals surface area (Å²) in [6.45, 7) is 11.7. The Labute approximate surface area is 506 Å². The van der Waals surface area contributed by atoms with Gasteiger partial charge in [-0.1, -0.05) is 172 Å². The van der Waals surface area contributed by atoms with Crippen LogP contribution in [0.15, 0.2) is 188 Å². The number of benzene rings is 9. The summed E-state index contributed by atoms with van der Waals surface area (Å²) in [6.07, 6.45) is 15.8. The first kappa shape index (κ1) is 56.6. The number of rotatable bonds is 16. The second-order valence-electron chi connectivity index (χ2n) is 24.1. The fraction of sp³-hybridized carbons (Fsp3) is 0.282. The summed E-state index contributed by atoms with van der Waals surface area (Å²) in [6, 6.07) is 61.5. The molecule has 2 fully saturated rings. The Balaban J connectivity index is 0.730. The third kappa shape index (κ3) is 10.6. The molecule has 434 valence electrons. The van der Waals surface area contributed by atoms with Crippen molar-refractivity contribution in [3.05, 3.63) is 244 Å². The van der Waals surface area contributed by atoms with Gasteiger partial charge in [0.15, 0.2) is 5.60 Å². The highest BCUT2D eigenvalue weighted by Gasteiger charge is 2.48. The Morgan fingerprint density at radius 2 is 1.22 bits per heavy atom. The van der Waals surface area contributed by atoms with E-state index in [4.69, 9.17) is 23.7 Å². The Hall–Kier alpha value is -8.56. The number of unbranched alkanes of at least 4 members (excludes halogenated alkanes) is 2. The maximum Gasteiger partial charge on any atom is 0.343 e. The molecule has 0 aromatic heterocycles. The Morgan fingerprint density at radius 3 is 1.84 bits per heavy atom. The summed E-state index contributed by atoms with van der Waals surface area (Å²) in [5.74, 6) is 2.31. The van der Waals surface area contributed by atoms with Crippen molar-refractivity contribution in [1.29, 1.82) is 0 Å². The van der Waals surface area contributed by atoms with Crippen molar-refractivity contribution >= 4 is 34.5 Å². The molecular weight excluding hydrogens is 1060 g/mol. The van der Waals surface area contributed by atoms with E-state index in [1.54, 1.807) is 31.4 Å². The average molecular weight is 1140 g/mol. The molecule has 0 N–H and O–H groups in total. The maximum absolute atomic E-state index is 14.3. The van der Waals surface area contributed by atoms with Crippen LogP contribution in [0.2, 0.25) is 0 Å². The molecule has 0 radical (unpaired) electrons. The first-order valence-electron chi connectivity index (χ1n) is 31.1. The molecular formula is C78H75NO7. The van der Waals surface area contributed by atoms with E-state index in [1.165, 1.54) is 56.9 Å². The molecule has 2 atom stereocenters. The van der Waals surface area contributed by atoms with Crippen LogP contribution >= 0.6 is 0 Å². The maximum atomic E-state index is 14.3. The van der Waals surface area contributed by atoms with Gasteiger partial charge in [-0.15, -0.1) is 0 Å². The zero-order valence-electron chi connectivity index (χ0n) is 50.1. The van der Waals surface area contributed by atoms with Gasteiger partial charge >= 0.3 is 11.9 Å². The lowest BCUT2D eigenvalue weighted by Gasteiger charge is -2.39. The predicted octanol–water partition coefficient (Wildman–Crippen LogP) is 18.5. The van der Waals surface area contributed by atoms with Gasteiger partial charge in [0.2, 0.25) is 0 Å². The number of aryl methyl sites for hydroxylation is 2. The number of esters is 2. The van der Waals surface area contributed by atoms with Gasteiger partial charge in [-0.05, 0) is 180 Å². The summed E-state index contributed by atoms with van der Waals surface area (Å²) in [7, 11) is 1.80. The van der Waals surface area contributed by atoms with Gasteiger partial charge in [0, 0.05) is 53.5 Å². The van der Waals surface area contributed by atoms with Crippen molar-refractivity contribution in [2.24, 2.45) is 5.92 Å². The van der Waals surface area contributed by atoms with Gasteiger partial charge < -0.3 is 28.6 Å². The zero-order valence-corrected chi connectivity index (χ0v) is 50.1. The summed E-state index contributed by atoms with van der Waals surface area (Å²) in [4.78, 5) is 30.0. The molecule has 2 aliphatic carbocycles. The lowest BCUT2D eigenvalue weighted by Crippen LogP contribution is -2.37. The molecule has 0 bridgehead atoms. The van der Waals surface area contributed by atoms with Gasteiger partial charge in [-0.2, -0.15) is 0 Å². The minimum Gasteiger partial charge on any atom is -0.472 e. The average Bonchev–Trinajstić information content (AvgIpc) is 1.57. The molecule has 1 saturated heterocycles. The fourth-order valence-corrected chi connectivity index (χ4v) is 14.1. The van der Waals surface area contributed by atoms with Crippen molar-refractivity contribution in [2.45, 2.75) is 103 Å². The van der Waals surface area contributed by atoms with Crippen LogP contribution < -0.4 is 19.1 Å². The summed E-state index contributed by atoms with van der Waals surface area (Å²) < 4.78 is 32.3. The highest BCUT2D eigenvalue weighted by Crippen LogP contribution is 2.60. The van der Waals surface area contributed by atoms with Crippen molar-refractivity contribution in [3.8, 4) is 50.6 Å². The molecule has 2 heterocycles. The monoisotopic (exact) mass is 1140 g/mol. The van der Waals surface area contributed by atoms with Crippen LogP contribution in [0.1, 0.15) is 143 Å². The first-order chi connectivity index (χ1) is 42.1. The summed E-state index contributed by atoms with van der Waals surface area (Å²) in [5, 5.41) is 1.82. The minimum absolute atomic E-state index is 0.411. The summed E-state index contributed by atoms with van der Waals surface area (Å²) >= 11 is 0. The number of carbonyl (C=O) groups is 2. The molecule has 9 aromatic carbocycles. The van der Waals surface area contributed by atoms with E-state index in [1.807, 2.05) is 61.5 Å². The van der Waals surface area contributed by atoms with E-state index < -0.39 is 23.1 Å². The highest BCUT2D eigenvalue weighted by molar-refractivity contribution is 6.09. The Morgan fingerprint density at radius 1 is 0.628 bits per heavy atom. The molecule has 86 heavy (non-hydrogen) atoms. The lowest BCUT2D eigenvalue weighted by atomic mass is 9.77. The van der Waals surface area contributed by atoms with E-state index in [-0.39, 0.29) is 0 Å². The topological polar surface area (TPSA) is 83.5 Å². The summed E-state index contributed by atoms with van der Waals surface area (Å²) in [5.41, 5.74) is 14.9. The standard InChI is InChI=1S/C78H75NO7/c1-6-8-9-12-53-17-19-54(20-18-53)55-21-23-56(24-22-55)57-25-29-60(30-26-57)75(80)84-65-41-33-59(34-42-65)58-27-31-61(32-28-58)76(81)85-71-50-68-69(49-52(71)4)74-67(73-72(68)66-13-10-11-14-70(66)77(73,7-2)82-5)43-44-78(86-74,62-35-15-51(3)16-36-62)63-37-39-64(40-38-63)79-45-47-83-48-46-79/h10-11,13-16,21-44,49-50,53-54H,6-9,12,17-20,45-48H2,1-5H3. The molecule has 8 nitrogen and oxygen atoms in total. The second-order valence-corrected chi connectivity index (χ2v) is 24.1. The van der Waals surface area contributed by atoms with Crippen LogP contribution in [0.3, 0.4) is 0 Å². The third-order valence-corrected chi connectivity index (χ3v) is 19.0. The van der Waals surface area contributed by atoms with E-state index in [0.717, 1.165) is 114 Å². The molecule has 4 aliphatic rings. The van der Waals surface area contributed by atoms with Crippen LogP contribution in [0.5, 0.6) is 17.2 Å². The number of morpholine rings is 1. The second kappa shape index (κ2) is 24.1. The van der Waals surface area contributed by atoms with Crippen LogP contribution in [-0.2, 0) is 20.7 Å². The lowest BCUT2D eigenvalue weighted by molar-refractivity contribution is 0.0219. The number of ether oxygens (including phenoxy) is 5. The minimum atomic E-state index is -0.979. The van der Waals surface area contributed by atoms with Crippen molar-refractivity contribution in [2.75, 3.05) is 38.3 Å². The van der Waals surface area contributed by atoms with E-state index in [2.05, 4.69) is 141 Å². The molecule has 8 heteroatoms. The number of fused-ring (bicyclic) bond motifs is 8. The third-order valence-electron chi connectivity index (χ3n) is 19.0. The molecule has 0 spiro atoms. The van der Waals surface area contributed by atoms with Crippen molar-refractivity contribution in [1.82, 2.24) is 0 Å².